The molecule has 1 saturated carbocycles. The summed E-state index contributed by atoms with van der Waals surface area (Å²) in [5.74, 6) is 0.717. The molecule has 0 aromatic carbocycles. The van der Waals surface area contributed by atoms with Gasteiger partial charge >= 0.3 is 0 Å². The molecule has 0 spiro atoms. The van der Waals surface area contributed by atoms with E-state index in [0.717, 1.165) is 12.5 Å². The summed E-state index contributed by atoms with van der Waals surface area (Å²) in [6, 6.07) is 0.151. The van der Waals surface area contributed by atoms with Crippen LogP contribution in [0.2, 0.25) is 0 Å². The molecule has 1 rings (SSSR count). The summed E-state index contributed by atoms with van der Waals surface area (Å²) in [6.45, 7) is 5.52. The Hall–Kier alpha value is -0.810. The maximum Gasteiger partial charge on any atom is 0.233 e. The van der Waals surface area contributed by atoms with Gasteiger partial charge in [-0.05, 0) is 39.2 Å². The van der Waals surface area contributed by atoms with Crippen molar-refractivity contribution in [3.8, 4) is 0 Å². The van der Waals surface area contributed by atoms with E-state index in [4.69, 9.17) is 0 Å². The normalized spacial score (nSPS) is 13.9. The summed E-state index contributed by atoms with van der Waals surface area (Å²) >= 11 is 0. The van der Waals surface area contributed by atoms with Gasteiger partial charge in [0.1, 0.15) is 0 Å². The first-order valence-electron chi connectivity index (χ1n) is 6.34. The predicted molar refractivity (Wildman–Crippen MR) is 73.7 cm³/mol. The van der Waals surface area contributed by atoms with Crippen molar-refractivity contribution in [2.75, 3.05) is 19.6 Å². The lowest BCUT2D eigenvalue weighted by atomic mass is 10.3. The van der Waals surface area contributed by atoms with Crippen molar-refractivity contribution < 1.29 is 9.59 Å². The minimum atomic E-state index is -0.0389. The lowest BCUT2D eigenvalue weighted by molar-refractivity contribution is -0.122. The van der Waals surface area contributed by atoms with Gasteiger partial charge in [-0.2, -0.15) is 0 Å². The van der Waals surface area contributed by atoms with Crippen LogP contribution >= 0.6 is 12.4 Å². The highest BCUT2D eigenvalue weighted by Crippen LogP contribution is 2.27. The van der Waals surface area contributed by atoms with E-state index in [2.05, 4.69) is 16.0 Å². The van der Waals surface area contributed by atoms with Crippen LogP contribution in [-0.4, -0.2) is 37.5 Å². The monoisotopic (exact) mass is 277 g/mol. The molecule has 1 aliphatic rings. The summed E-state index contributed by atoms with van der Waals surface area (Å²) in [5.41, 5.74) is 0. The molecule has 1 aliphatic carbocycles. The van der Waals surface area contributed by atoms with E-state index in [1.165, 1.54) is 12.8 Å². The molecule has 18 heavy (non-hydrogen) atoms. The summed E-state index contributed by atoms with van der Waals surface area (Å²) < 4.78 is 0. The zero-order valence-electron chi connectivity index (χ0n) is 11.1. The minimum absolute atomic E-state index is 0. The molecule has 0 aliphatic heterocycles. The summed E-state index contributed by atoms with van der Waals surface area (Å²) in [5, 5.41) is 8.60. The highest BCUT2D eigenvalue weighted by atomic mass is 35.5. The predicted octanol–water partition coefficient (Wildman–Crippen LogP) is 0.439. The Bertz CT molecular complexity index is 268. The topological polar surface area (TPSA) is 70.2 Å². The van der Waals surface area contributed by atoms with Crippen molar-refractivity contribution in [2.45, 2.75) is 39.2 Å². The molecule has 3 N–H and O–H groups in total. The third kappa shape index (κ3) is 9.24. The van der Waals surface area contributed by atoms with Crippen molar-refractivity contribution in [1.29, 1.82) is 0 Å². The molecular weight excluding hydrogens is 254 g/mol. The smallest absolute Gasteiger partial charge is 0.233 e. The van der Waals surface area contributed by atoms with Crippen LogP contribution in [0.25, 0.3) is 0 Å². The van der Waals surface area contributed by atoms with E-state index in [0.29, 0.717) is 19.5 Å². The number of amides is 2. The fraction of sp³-hybridized carbons (Fsp3) is 0.833. The Kier molecular flexibility index (Phi) is 8.75. The first-order valence-corrected chi connectivity index (χ1v) is 6.34. The molecule has 1 fully saturated rings. The van der Waals surface area contributed by atoms with Crippen LogP contribution in [0.5, 0.6) is 0 Å². The number of carbonyl (C=O) groups is 2. The SMILES string of the molecule is CC(C)NC(=O)CCNC(=O)CNCC1CC1.Cl. The van der Waals surface area contributed by atoms with Gasteiger partial charge in [0.15, 0.2) is 0 Å². The van der Waals surface area contributed by atoms with Crippen LogP contribution in [0.4, 0.5) is 0 Å². The van der Waals surface area contributed by atoms with Gasteiger partial charge < -0.3 is 16.0 Å². The fourth-order valence-electron chi connectivity index (χ4n) is 1.48. The Morgan fingerprint density at radius 3 is 2.44 bits per heavy atom. The lowest BCUT2D eigenvalue weighted by Crippen LogP contribution is -2.38. The first kappa shape index (κ1) is 17.2. The van der Waals surface area contributed by atoms with Crippen LogP contribution in [0.15, 0.2) is 0 Å². The molecular formula is C12H24ClN3O2. The summed E-state index contributed by atoms with van der Waals surface area (Å²) in [6.07, 6.45) is 2.90. The van der Waals surface area contributed by atoms with E-state index >= 15 is 0 Å². The van der Waals surface area contributed by atoms with E-state index in [9.17, 15) is 9.59 Å². The maximum absolute atomic E-state index is 11.3. The lowest BCUT2D eigenvalue weighted by Gasteiger charge is -2.09. The third-order valence-electron chi connectivity index (χ3n) is 2.54. The number of nitrogens with one attached hydrogen (secondary N) is 3. The molecule has 2 amide bonds. The molecule has 0 aromatic rings. The molecule has 0 bridgehead atoms. The molecule has 6 heteroatoms. The van der Waals surface area contributed by atoms with Crippen molar-refractivity contribution in [1.82, 2.24) is 16.0 Å². The molecule has 0 aromatic heterocycles. The summed E-state index contributed by atoms with van der Waals surface area (Å²) in [4.78, 5) is 22.6. The number of hydrogen-bond acceptors (Lipinski definition) is 3. The van der Waals surface area contributed by atoms with Gasteiger partial charge in [0.25, 0.3) is 0 Å². The molecule has 5 nitrogen and oxygen atoms in total. The van der Waals surface area contributed by atoms with Crippen LogP contribution < -0.4 is 16.0 Å². The average Bonchev–Trinajstić information content (AvgIpc) is 3.00. The van der Waals surface area contributed by atoms with Gasteiger partial charge in [0.2, 0.25) is 11.8 Å². The van der Waals surface area contributed by atoms with Gasteiger partial charge in [0.05, 0.1) is 6.54 Å². The summed E-state index contributed by atoms with van der Waals surface area (Å²) in [7, 11) is 0. The Morgan fingerprint density at radius 1 is 1.22 bits per heavy atom. The van der Waals surface area contributed by atoms with Gasteiger partial charge in [-0.15, -0.1) is 12.4 Å². The van der Waals surface area contributed by atoms with E-state index in [-0.39, 0.29) is 30.3 Å². The van der Waals surface area contributed by atoms with Crippen molar-refractivity contribution >= 4 is 24.2 Å². The van der Waals surface area contributed by atoms with Crippen molar-refractivity contribution in [3.63, 3.8) is 0 Å². The van der Waals surface area contributed by atoms with Gasteiger partial charge in [-0.3, -0.25) is 9.59 Å². The zero-order chi connectivity index (χ0) is 12.7. The third-order valence-corrected chi connectivity index (χ3v) is 2.54. The second kappa shape index (κ2) is 9.16. The highest BCUT2D eigenvalue weighted by Gasteiger charge is 2.20. The molecule has 0 radical (unpaired) electrons. The maximum atomic E-state index is 11.3. The molecule has 0 atom stereocenters. The Labute approximate surface area is 115 Å². The molecule has 0 saturated heterocycles. The molecule has 0 unspecified atom stereocenters. The van der Waals surface area contributed by atoms with Gasteiger partial charge in [-0.25, -0.2) is 0 Å². The standard InChI is InChI=1S/C12H23N3O2.ClH/c1-9(2)15-11(16)5-6-14-12(17)8-13-7-10-3-4-10;/h9-10,13H,3-8H2,1-2H3,(H,14,17)(H,15,16);1H. The van der Waals surface area contributed by atoms with E-state index in [1.807, 2.05) is 13.8 Å². The van der Waals surface area contributed by atoms with Crippen molar-refractivity contribution in [3.05, 3.63) is 0 Å². The van der Waals surface area contributed by atoms with Crippen LogP contribution in [0.1, 0.15) is 33.1 Å². The van der Waals surface area contributed by atoms with E-state index in [1.54, 1.807) is 0 Å². The second-order valence-electron chi connectivity index (χ2n) is 4.90. The van der Waals surface area contributed by atoms with E-state index < -0.39 is 0 Å². The van der Waals surface area contributed by atoms with Gasteiger partial charge in [-0.1, -0.05) is 0 Å². The quantitative estimate of drug-likeness (QED) is 0.603. The minimum Gasteiger partial charge on any atom is -0.354 e. The van der Waals surface area contributed by atoms with Crippen LogP contribution in [-0.2, 0) is 9.59 Å². The second-order valence-corrected chi connectivity index (χ2v) is 4.90. The molecule has 106 valence electrons. The van der Waals surface area contributed by atoms with Crippen LogP contribution in [0, 0.1) is 5.92 Å². The van der Waals surface area contributed by atoms with Crippen molar-refractivity contribution in [2.24, 2.45) is 5.92 Å². The number of carbonyl (C=O) groups excluding carboxylic acids is 2. The Morgan fingerprint density at radius 2 is 1.89 bits per heavy atom. The average molecular weight is 278 g/mol. The fourth-order valence-corrected chi connectivity index (χ4v) is 1.48. The van der Waals surface area contributed by atoms with Gasteiger partial charge in [0, 0.05) is 19.0 Å². The number of rotatable bonds is 8. The zero-order valence-corrected chi connectivity index (χ0v) is 11.9. The Balaban J connectivity index is 0.00000289. The highest BCUT2D eigenvalue weighted by molar-refractivity contribution is 5.85. The molecule has 0 heterocycles. The largest absolute Gasteiger partial charge is 0.354 e. The van der Waals surface area contributed by atoms with Crippen LogP contribution in [0.3, 0.4) is 0 Å². The number of halogens is 1. The number of hydrogen-bond donors (Lipinski definition) is 3. The first-order chi connectivity index (χ1) is 8.08.